The van der Waals surface area contributed by atoms with E-state index < -0.39 is 0 Å². The van der Waals surface area contributed by atoms with Crippen LogP contribution < -0.4 is 10.1 Å². The highest BCUT2D eigenvalue weighted by molar-refractivity contribution is 5.91. The fraction of sp³-hybridized carbons (Fsp3) is 0.385. The molecule has 19 heavy (non-hydrogen) atoms. The molecule has 2 heterocycles. The summed E-state index contributed by atoms with van der Waals surface area (Å²) in [5, 5.41) is 9.85. The first-order valence-electron chi connectivity index (χ1n) is 6.04. The average molecular weight is 263 g/mol. The Kier molecular flexibility index (Phi) is 3.89. The predicted octanol–water partition coefficient (Wildman–Crippen LogP) is 1.68. The topological polar surface area (TPSA) is 80.1 Å². The summed E-state index contributed by atoms with van der Waals surface area (Å²) >= 11 is 0. The van der Waals surface area contributed by atoms with Gasteiger partial charge in [0.1, 0.15) is 0 Å². The molecule has 0 radical (unpaired) electrons. The summed E-state index contributed by atoms with van der Waals surface area (Å²) in [5.74, 6) is 0.297. The zero-order valence-corrected chi connectivity index (χ0v) is 11.2. The van der Waals surface area contributed by atoms with Gasteiger partial charge in [0.15, 0.2) is 5.76 Å². The third-order valence-corrected chi connectivity index (χ3v) is 2.66. The number of nitrogens with zero attached hydrogens (tertiary/aromatic N) is 1. The van der Waals surface area contributed by atoms with Crippen LogP contribution in [0.25, 0.3) is 0 Å². The molecule has 0 saturated heterocycles. The molecule has 0 bridgehead atoms. The van der Waals surface area contributed by atoms with Crippen molar-refractivity contribution in [1.82, 2.24) is 15.5 Å². The van der Waals surface area contributed by atoms with Crippen molar-refractivity contribution in [3.63, 3.8) is 0 Å². The summed E-state index contributed by atoms with van der Waals surface area (Å²) in [6, 6.07) is 5.11. The van der Waals surface area contributed by atoms with E-state index in [1.54, 1.807) is 12.1 Å². The van der Waals surface area contributed by atoms with Gasteiger partial charge in [-0.2, -0.15) is 5.10 Å². The van der Waals surface area contributed by atoms with Gasteiger partial charge in [-0.05, 0) is 26.0 Å². The molecule has 6 nitrogen and oxygen atoms in total. The Bertz CT molecular complexity index is 559. The lowest BCUT2D eigenvalue weighted by Gasteiger charge is -2.10. The summed E-state index contributed by atoms with van der Waals surface area (Å²) in [6.07, 6.45) is 0.661. The minimum atomic E-state index is -0.261. The molecule has 0 aromatic carbocycles. The highest BCUT2D eigenvalue weighted by Gasteiger charge is 2.15. The molecule has 0 aliphatic rings. The molecule has 1 atom stereocenters. The maximum atomic E-state index is 11.9. The molecule has 2 N–H and O–H groups in total. The smallest absolute Gasteiger partial charge is 0.287 e. The van der Waals surface area contributed by atoms with Crippen LogP contribution in [-0.2, 0) is 6.42 Å². The number of aromatic amines is 1. The second kappa shape index (κ2) is 5.60. The maximum Gasteiger partial charge on any atom is 0.287 e. The van der Waals surface area contributed by atoms with Crippen LogP contribution >= 0.6 is 0 Å². The van der Waals surface area contributed by atoms with Gasteiger partial charge in [-0.1, -0.05) is 0 Å². The number of furan rings is 1. The van der Waals surface area contributed by atoms with Gasteiger partial charge < -0.3 is 14.5 Å². The number of carbonyl (C=O) groups is 1. The second-order valence-corrected chi connectivity index (χ2v) is 4.44. The summed E-state index contributed by atoms with van der Waals surface area (Å²) in [4.78, 5) is 11.9. The van der Waals surface area contributed by atoms with E-state index >= 15 is 0 Å². The molecule has 102 valence electrons. The molecule has 2 rings (SSSR count). The third kappa shape index (κ3) is 3.37. The van der Waals surface area contributed by atoms with E-state index in [1.165, 1.54) is 7.11 Å². The Morgan fingerprint density at radius 3 is 2.95 bits per heavy atom. The zero-order valence-electron chi connectivity index (χ0n) is 11.2. The fourth-order valence-electron chi connectivity index (χ4n) is 1.79. The SMILES string of the molecule is COc1ccc(C(=O)N[C@@H](C)Cc2cc(C)[nH]n2)o1. The molecule has 0 fully saturated rings. The van der Waals surface area contributed by atoms with E-state index in [9.17, 15) is 4.79 Å². The van der Waals surface area contributed by atoms with Crippen LogP contribution in [-0.4, -0.2) is 29.3 Å². The second-order valence-electron chi connectivity index (χ2n) is 4.44. The largest absolute Gasteiger partial charge is 0.468 e. The summed E-state index contributed by atoms with van der Waals surface area (Å²) in [5.41, 5.74) is 1.92. The number of carbonyl (C=O) groups excluding carboxylic acids is 1. The van der Waals surface area contributed by atoms with E-state index in [0.717, 1.165) is 11.4 Å². The minimum Gasteiger partial charge on any atom is -0.468 e. The number of nitrogens with one attached hydrogen (secondary N) is 2. The lowest BCUT2D eigenvalue weighted by Crippen LogP contribution is -2.33. The molecule has 0 spiro atoms. The van der Waals surface area contributed by atoms with Crippen molar-refractivity contribution in [3.05, 3.63) is 35.3 Å². The minimum absolute atomic E-state index is 0.0358. The van der Waals surface area contributed by atoms with Crippen LogP contribution in [0.15, 0.2) is 22.6 Å². The number of aromatic nitrogens is 2. The Morgan fingerprint density at radius 2 is 2.37 bits per heavy atom. The summed E-state index contributed by atoms with van der Waals surface area (Å²) in [7, 11) is 1.49. The highest BCUT2D eigenvalue weighted by atomic mass is 16.6. The van der Waals surface area contributed by atoms with E-state index in [0.29, 0.717) is 12.4 Å². The highest BCUT2D eigenvalue weighted by Crippen LogP contribution is 2.15. The van der Waals surface area contributed by atoms with Gasteiger partial charge in [-0.3, -0.25) is 9.89 Å². The fourth-order valence-corrected chi connectivity index (χ4v) is 1.79. The first-order valence-corrected chi connectivity index (χ1v) is 6.04. The number of hydrogen-bond donors (Lipinski definition) is 2. The molecule has 1 amide bonds. The van der Waals surface area contributed by atoms with Crippen molar-refractivity contribution in [2.24, 2.45) is 0 Å². The molecular formula is C13H17N3O3. The Morgan fingerprint density at radius 1 is 1.58 bits per heavy atom. The van der Waals surface area contributed by atoms with E-state index in [2.05, 4.69) is 15.5 Å². The molecule has 0 unspecified atom stereocenters. The van der Waals surface area contributed by atoms with Gasteiger partial charge in [0.25, 0.3) is 11.9 Å². The molecule has 0 saturated carbocycles. The molecule has 0 aliphatic heterocycles. The van der Waals surface area contributed by atoms with Gasteiger partial charge >= 0.3 is 0 Å². The first-order chi connectivity index (χ1) is 9.08. The van der Waals surface area contributed by atoms with Crippen LogP contribution in [0, 0.1) is 6.92 Å². The quantitative estimate of drug-likeness (QED) is 0.860. The third-order valence-electron chi connectivity index (χ3n) is 2.66. The number of ether oxygens (including phenoxy) is 1. The van der Waals surface area contributed by atoms with Crippen LogP contribution in [0.5, 0.6) is 5.95 Å². The monoisotopic (exact) mass is 263 g/mol. The summed E-state index contributed by atoms with van der Waals surface area (Å²) < 4.78 is 10.1. The van der Waals surface area contributed by atoms with Crippen molar-refractivity contribution in [2.45, 2.75) is 26.3 Å². The lowest BCUT2D eigenvalue weighted by molar-refractivity contribution is 0.0905. The number of methoxy groups -OCH3 is 1. The van der Waals surface area contributed by atoms with Crippen LogP contribution in [0.4, 0.5) is 0 Å². The molecule has 0 aliphatic carbocycles. The summed E-state index contributed by atoms with van der Waals surface area (Å²) in [6.45, 7) is 3.86. The average Bonchev–Trinajstić information content (AvgIpc) is 2.98. The van der Waals surface area contributed by atoms with Gasteiger partial charge in [0, 0.05) is 24.2 Å². The van der Waals surface area contributed by atoms with E-state index in [4.69, 9.17) is 9.15 Å². The van der Waals surface area contributed by atoms with Gasteiger partial charge in [-0.15, -0.1) is 0 Å². The standard InChI is InChI=1S/C13H17N3O3/c1-8(6-10-7-9(2)15-16-10)14-13(17)11-4-5-12(18-3)19-11/h4-5,7-8H,6H2,1-3H3,(H,14,17)(H,15,16)/t8-/m0/s1. The Hall–Kier alpha value is -2.24. The van der Waals surface area contributed by atoms with Crippen molar-refractivity contribution >= 4 is 5.91 Å². The Labute approximate surface area is 111 Å². The number of H-pyrrole nitrogens is 1. The molecule has 2 aromatic heterocycles. The van der Waals surface area contributed by atoms with Crippen molar-refractivity contribution < 1.29 is 13.9 Å². The van der Waals surface area contributed by atoms with Crippen LogP contribution in [0.2, 0.25) is 0 Å². The lowest BCUT2D eigenvalue weighted by atomic mass is 10.1. The number of hydrogen-bond acceptors (Lipinski definition) is 4. The van der Waals surface area contributed by atoms with E-state index in [-0.39, 0.29) is 17.7 Å². The van der Waals surface area contributed by atoms with Crippen LogP contribution in [0.3, 0.4) is 0 Å². The van der Waals surface area contributed by atoms with Crippen molar-refractivity contribution in [2.75, 3.05) is 7.11 Å². The van der Waals surface area contributed by atoms with Gasteiger partial charge in [-0.25, -0.2) is 0 Å². The molecule has 6 heteroatoms. The first kappa shape index (κ1) is 13.2. The maximum absolute atomic E-state index is 11.9. The van der Waals surface area contributed by atoms with Gasteiger partial charge in [0.2, 0.25) is 0 Å². The van der Waals surface area contributed by atoms with Crippen molar-refractivity contribution in [3.8, 4) is 5.95 Å². The number of rotatable bonds is 5. The molecular weight excluding hydrogens is 246 g/mol. The number of amides is 1. The van der Waals surface area contributed by atoms with Gasteiger partial charge in [0.05, 0.1) is 12.8 Å². The Balaban J connectivity index is 1.91. The normalized spacial score (nSPS) is 12.2. The zero-order chi connectivity index (χ0) is 13.8. The van der Waals surface area contributed by atoms with E-state index in [1.807, 2.05) is 19.9 Å². The van der Waals surface area contributed by atoms with Crippen molar-refractivity contribution in [1.29, 1.82) is 0 Å². The molecule has 2 aromatic rings. The number of aryl methyl sites for hydroxylation is 1. The van der Waals surface area contributed by atoms with Crippen LogP contribution in [0.1, 0.15) is 28.9 Å². The predicted molar refractivity (Wildman–Crippen MR) is 69.2 cm³/mol.